The summed E-state index contributed by atoms with van der Waals surface area (Å²) in [5, 5.41) is 6.75. The number of nitrogens with one attached hydrogen (secondary N) is 3. The summed E-state index contributed by atoms with van der Waals surface area (Å²) in [4.78, 5) is 84.6. The van der Waals surface area contributed by atoms with Crippen LogP contribution in [0.15, 0.2) is 87.5 Å². The van der Waals surface area contributed by atoms with Crippen molar-refractivity contribution in [2.45, 2.75) is 83.1 Å². The number of carbonyl (C=O) groups excluding carboxylic acids is 3. The Morgan fingerprint density at radius 2 is 1.36 bits per heavy atom. The second-order valence-electron chi connectivity index (χ2n) is 23.8. The molecular weight excluding hydrogens is 1270 g/mol. The van der Waals surface area contributed by atoms with Gasteiger partial charge in [0.05, 0.1) is 132 Å². The Hall–Kier alpha value is -8.87. The van der Waals surface area contributed by atoms with Crippen molar-refractivity contribution in [1.29, 1.82) is 0 Å². The van der Waals surface area contributed by atoms with Gasteiger partial charge in [-0.15, -0.1) is 0 Å². The van der Waals surface area contributed by atoms with E-state index in [0.717, 1.165) is 44.2 Å². The van der Waals surface area contributed by atoms with E-state index in [0.29, 0.717) is 174 Å². The fourth-order valence-electron chi connectivity index (χ4n) is 11.7. The maximum absolute atomic E-state index is 13.9. The highest BCUT2D eigenvalue weighted by atomic mass is 32.2. The quantitative estimate of drug-likeness (QED) is 0.0255. The Labute approximate surface area is 564 Å². The second-order valence-corrected chi connectivity index (χ2v) is 25.5. The summed E-state index contributed by atoms with van der Waals surface area (Å²) in [7, 11) is 3.75. The molecule has 1 saturated carbocycles. The molecule has 524 valence electrons. The van der Waals surface area contributed by atoms with E-state index in [9.17, 15) is 32.4 Å². The number of likely N-dealkylation sites (N-methyl/N-ethyl adjacent to an activating group) is 1. The lowest BCUT2D eigenvalue weighted by atomic mass is 10.0. The number of methoxy groups -OCH3 is 2. The highest BCUT2D eigenvalue weighted by Crippen LogP contribution is 2.39. The van der Waals surface area contributed by atoms with Crippen molar-refractivity contribution in [1.82, 2.24) is 43.8 Å². The molecule has 0 atom stereocenters. The number of piperazine rings is 1. The Balaban J connectivity index is 0.592. The minimum atomic E-state index is -4.22. The van der Waals surface area contributed by atoms with Crippen LogP contribution in [-0.4, -0.2) is 198 Å². The van der Waals surface area contributed by atoms with Crippen LogP contribution in [0.1, 0.15) is 87.2 Å². The van der Waals surface area contributed by atoms with Crippen LogP contribution in [0, 0.1) is 6.92 Å². The summed E-state index contributed by atoms with van der Waals surface area (Å²) in [5.41, 5.74) is 2.68. The number of pyridine rings is 2. The first-order valence-corrected chi connectivity index (χ1v) is 34.3. The van der Waals surface area contributed by atoms with Crippen molar-refractivity contribution < 1.29 is 65.4 Å². The van der Waals surface area contributed by atoms with E-state index in [1.807, 2.05) is 35.9 Å². The number of ether oxygens (including phenoxy) is 9. The Kier molecular flexibility index (Phi) is 26.0. The van der Waals surface area contributed by atoms with Gasteiger partial charge in [-0.3, -0.25) is 42.5 Å². The van der Waals surface area contributed by atoms with Crippen LogP contribution in [0.2, 0.25) is 0 Å². The highest BCUT2D eigenvalue weighted by molar-refractivity contribution is 7.92. The van der Waals surface area contributed by atoms with Gasteiger partial charge in [0.1, 0.15) is 28.7 Å². The molecule has 1 aliphatic carbocycles. The lowest BCUT2D eigenvalue weighted by Gasteiger charge is -2.36. The van der Waals surface area contributed by atoms with E-state index >= 15 is 0 Å². The fraction of sp³-hybridized carbons (Fsp3) is 0.500. The third-order valence-corrected chi connectivity index (χ3v) is 18.2. The Bertz CT molecular complexity index is 4070. The SMILES string of the molecule is CCCOc1cc(OCCCCN(C)CC(=O)NCCOCCOCCOCCOCCC(=O)N2CCN(c3ccc(Nc4ncc5c(C)c(C(C)=O)c(=O)n(C6CCCC6)c5n4)nc3)CC2)cc(Oc2cc3c(cc2NS(=O)(=O)c2ccc(OC)c(OC)c2)n(C)c(=O)n3C)c1. The third-order valence-electron chi connectivity index (χ3n) is 16.8. The third kappa shape index (κ3) is 19.2. The summed E-state index contributed by atoms with van der Waals surface area (Å²) in [6.07, 6.45) is 9.65. The van der Waals surface area contributed by atoms with Gasteiger partial charge in [0.2, 0.25) is 17.8 Å². The van der Waals surface area contributed by atoms with Gasteiger partial charge in [0.25, 0.3) is 15.6 Å². The van der Waals surface area contributed by atoms with Gasteiger partial charge in [-0.1, -0.05) is 19.8 Å². The van der Waals surface area contributed by atoms with Crippen LogP contribution in [-0.2, 0) is 52.7 Å². The van der Waals surface area contributed by atoms with Crippen LogP contribution < -0.4 is 55.2 Å². The minimum absolute atomic E-state index is 0.0190. The molecule has 2 amide bonds. The predicted octanol–water partition coefficient (Wildman–Crippen LogP) is 7.16. The van der Waals surface area contributed by atoms with Crippen molar-refractivity contribution in [3.63, 3.8) is 0 Å². The molecule has 5 heterocycles. The minimum Gasteiger partial charge on any atom is -0.493 e. The lowest BCUT2D eigenvalue weighted by Crippen LogP contribution is -2.49. The number of benzene rings is 3. The average Bonchev–Trinajstić information content (AvgIpc) is 1.75. The first-order chi connectivity index (χ1) is 46.9. The summed E-state index contributed by atoms with van der Waals surface area (Å²) in [6, 6.07) is 16.3. The molecule has 1 saturated heterocycles. The zero-order valence-electron chi connectivity index (χ0n) is 56.6. The monoisotopic (exact) mass is 1360 g/mol. The normalized spacial score (nSPS) is 13.6. The number of aryl methyl sites for hydroxylation is 3. The van der Waals surface area contributed by atoms with Gasteiger partial charge < -0.3 is 63.1 Å². The number of aromatic nitrogens is 6. The summed E-state index contributed by atoms with van der Waals surface area (Å²) < 4.78 is 86.7. The smallest absolute Gasteiger partial charge is 0.328 e. The molecule has 2 fully saturated rings. The zero-order chi connectivity index (χ0) is 69.0. The molecule has 2 aliphatic rings. The van der Waals surface area contributed by atoms with Gasteiger partial charge in [-0.2, -0.15) is 4.98 Å². The van der Waals surface area contributed by atoms with E-state index in [1.54, 1.807) is 68.3 Å². The summed E-state index contributed by atoms with van der Waals surface area (Å²) in [5.74, 6) is 2.46. The number of fused-ring (bicyclic) bond motifs is 2. The number of amides is 2. The number of hydrogen-bond donors (Lipinski definition) is 3. The molecule has 9 rings (SSSR count). The summed E-state index contributed by atoms with van der Waals surface area (Å²) in [6.45, 7) is 12.5. The zero-order valence-corrected chi connectivity index (χ0v) is 57.5. The number of imidazole rings is 1. The maximum atomic E-state index is 13.9. The predicted molar refractivity (Wildman–Crippen MR) is 366 cm³/mol. The number of rotatable bonds is 38. The van der Waals surface area contributed by atoms with Crippen LogP contribution >= 0.6 is 0 Å². The first-order valence-electron chi connectivity index (χ1n) is 32.8. The van der Waals surface area contributed by atoms with E-state index < -0.39 is 10.0 Å². The molecule has 0 spiro atoms. The number of anilines is 4. The topological polar surface area (TPSA) is 302 Å². The first kappa shape index (κ1) is 72.4. The molecule has 3 aromatic carbocycles. The number of unbranched alkanes of at least 4 members (excludes halogenated alkanes) is 1. The van der Waals surface area contributed by atoms with Crippen LogP contribution in [0.25, 0.3) is 22.1 Å². The summed E-state index contributed by atoms with van der Waals surface area (Å²) >= 11 is 0. The number of ketones is 1. The van der Waals surface area contributed by atoms with E-state index in [4.69, 9.17) is 47.6 Å². The van der Waals surface area contributed by atoms with Gasteiger partial charge in [-0.05, 0) is 95.4 Å². The number of sulfonamides is 1. The Morgan fingerprint density at radius 3 is 2.01 bits per heavy atom. The van der Waals surface area contributed by atoms with E-state index in [1.165, 1.54) is 48.5 Å². The van der Waals surface area contributed by atoms with Gasteiger partial charge >= 0.3 is 5.69 Å². The van der Waals surface area contributed by atoms with Crippen LogP contribution in [0.4, 0.5) is 23.1 Å². The molecule has 0 unspecified atom stereocenters. The number of Topliss-reactive ketones (excluding diaryl/α,β-unsaturated/α-hetero) is 1. The molecule has 4 aromatic heterocycles. The van der Waals surface area contributed by atoms with Crippen LogP contribution in [0.5, 0.6) is 34.5 Å². The molecule has 1 aliphatic heterocycles. The molecule has 28 nitrogen and oxygen atoms in total. The molecular formula is C68H90N12O16S. The molecule has 97 heavy (non-hydrogen) atoms. The van der Waals surface area contributed by atoms with Crippen molar-refractivity contribution in [3.8, 4) is 34.5 Å². The van der Waals surface area contributed by atoms with Crippen LogP contribution in [0.3, 0.4) is 0 Å². The molecule has 3 N–H and O–H groups in total. The molecule has 0 radical (unpaired) electrons. The second kappa shape index (κ2) is 34.9. The Morgan fingerprint density at radius 1 is 0.711 bits per heavy atom. The van der Waals surface area contributed by atoms with Crippen molar-refractivity contribution in [3.05, 3.63) is 105 Å². The largest absolute Gasteiger partial charge is 0.493 e. The van der Waals surface area contributed by atoms with Crippen molar-refractivity contribution >= 4 is 72.8 Å². The molecule has 0 bridgehead atoms. The fourth-order valence-corrected chi connectivity index (χ4v) is 12.8. The number of carbonyl (C=O) groups is 3. The maximum Gasteiger partial charge on any atom is 0.328 e. The van der Waals surface area contributed by atoms with Crippen molar-refractivity contribution in [2.24, 2.45) is 14.1 Å². The van der Waals surface area contributed by atoms with Gasteiger partial charge in [0, 0.05) is 94.8 Å². The average molecular weight is 1360 g/mol. The molecule has 29 heteroatoms. The van der Waals surface area contributed by atoms with E-state index in [-0.39, 0.29) is 75.5 Å². The number of nitrogens with zero attached hydrogens (tertiary/aromatic N) is 9. The van der Waals surface area contributed by atoms with Gasteiger partial charge in [0.15, 0.2) is 23.0 Å². The van der Waals surface area contributed by atoms with Gasteiger partial charge in [-0.25, -0.2) is 23.2 Å². The molecule has 7 aromatic rings. The van der Waals surface area contributed by atoms with E-state index in [2.05, 4.69) is 30.2 Å². The highest BCUT2D eigenvalue weighted by Gasteiger charge is 2.28. The van der Waals surface area contributed by atoms with Crippen molar-refractivity contribution in [2.75, 3.05) is 148 Å². The number of hydrogen-bond acceptors (Lipinski definition) is 22. The standard InChI is InChI=1S/C68H90N12O16S/c1-9-27-94-50-37-51(39-52(38-50)96-59-42-57-56(76(5)68(85)77(57)6)41-55(59)74-97(86,87)53-17-18-58(88-7)60(40-53)89-8)95-28-13-12-22-75(4)45-62(82)69-21-30-91-32-34-93-36-35-92-33-31-90-29-20-63(83)79-25-23-78(24-26-79)49-16-19-61(70-43-49)72-67-71-44-54-46(2)64(47(3)81)66(84)80(65(54)73-67)48-14-10-11-15-48/h16-19,37-44,48,74H,9-15,20-36,45H2,1-8H3,(H,69,82)(H,70,71,72,73). The lowest BCUT2D eigenvalue weighted by molar-refractivity contribution is -0.132.